The molecule has 0 aliphatic heterocycles. The first kappa shape index (κ1) is 14.0. The van der Waals surface area contributed by atoms with Crippen molar-refractivity contribution >= 4 is 0 Å². The Bertz CT molecular complexity index is 325. The Kier molecular flexibility index (Phi) is 6.01. The monoisotopic (exact) mass is 238 g/mol. The predicted octanol–water partition coefficient (Wildman–Crippen LogP) is 2.79. The average molecular weight is 238 g/mol. The van der Waals surface area contributed by atoms with Crippen LogP contribution >= 0.6 is 0 Å². The molecule has 2 atom stereocenters. The van der Waals surface area contributed by atoms with Gasteiger partial charge in [-0.25, -0.2) is 0 Å². The van der Waals surface area contributed by atoms with Gasteiger partial charge in [-0.15, -0.1) is 0 Å². The molecule has 1 N–H and O–H groups in total. The SMILES string of the molecule is CCOc1cccc(C(O)C(C)CCOC)c1. The van der Waals surface area contributed by atoms with E-state index in [1.54, 1.807) is 7.11 Å². The highest BCUT2D eigenvalue weighted by molar-refractivity contribution is 5.30. The van der Waals surface area contributed by atoms with Crippen LogP contribution in [0.4, 0.5) is 0 Å². The Morgan fingerprint density at radius 3 is 2.76 bits per heavy atom. The van der Waals surface area contributed by atoms with E-state index >= 15 is 0 Å². The van der Waals surface area contributed by atoms with Crippen LogP contribution in [0.2, 0.25) is 0 Å². The summed E-state index contributed by atoms with van der Waals surface area (Å²) in [4.78, 5) is 0. The maximum atomic E-state index is 10.2. The molecule has 0 amide bonds. The van der Waals surface area contributed by atoms with Gasteiger partial charge in [-0.3, -0.25) is 0 Å². The number of ether oxygens (including phenoxy) is 2. The number of aliphatic hydroxyl groups excluding tert-OH is 1. The van der Waals surface area contributed by atoms with Gasteiger partial charge in [0.05, 0.1) is 12.7 Å². The minimum Gasteiger partial charge on any atom is -0.494 e. The third kappa shape index (κ3) is 4.36. The van der Waals surface area contributed by atoms with Crippen molar-refractivity contribution in [3.05, 3.63) is 29.8 Å². The zero-order valence-corrected chi connectivity index (χ0v) is 10.8. The molecule has 3 nitrogen and oxygen atoms in total. The van der Waals surface area contributed by atoms with Crippen LogP contribution in [0.15, 0.2) is 24.3 Å². The van der Waals surface area contributed by atoms with E-state index in [0.717, 1.165) is 17.7 Å². The summed E-state index contributed by atoms with van der Waals surface area (Å²) in [5.41, 5.74) is 0.902. The summed E-state index contributed by atoms with van der Waals surface area (Å²) in [6, 6.07) is 7.64. The molecule has 0 heterocycles. The van der Waals surface area contributed by atoms with Gasteiger partial charge in [0.1, 0.15) is 5.75 Å². The van der Waals surface area contributed by atoms with Gasteiger partial charge in [0.15, 0.2) is 0 Å². The lowest BCUT2D eigenvalue weighted by molar-refractivity contribution is 0.0884. The molecule has 17 heavy (non-hydrogen) atoms. The number of rotatable bonds is 7. The largest absolute Gasteiger partial charge is 0.494 e. The summed E-state index contributed by atoms with van der Waals surface area (Å²) in [6.45, 7) is 5.28. The molecule has 0 spiro atoms. The van der Waals surface area contributed by atoms with Gasteiger partial charge in [-0.05, 0) is 37.0 Å². The molecule has 0 fully saturated rings. The van der Waals surface area contributed by atoms with Crippen LogP contribution in [0.5, 0.6) is 5.75 Å². The van der Waals surface area contributed by atoms with Crippen LogP contribution in [0, 0.1) is 5.92 Å². The topological polar surface area (TPSA) is 38.7 Å². The number of benzene rings is 1. The lowest BCUT2D eigenvalue weighted by Crippen LogP contribution is -2.11. The molecule has 0 bridgehead atoms. The van der Waals surface area contributed by atoms with Crippen LogP contribution in [-0.4, -0.2) is 25.4 Å². The van der Waals surface area contributed by atoms with Gasteiger partial charge < -0.3 is 14.6 Å². The molecule has 0 saturated heterocycles. The van der Waals surface area contributed by atoms with Crippen molar-refractivity contribution in [2.45, 2.75) is 26.4 Å². The smallest absolute Gasteiger partial charge is 0.119 e. The zero-order valence-electron chi connectivity index (χ0n) is 10.8. The quantitative estimate of drug-likeness (QED) is 0.794. The molecule has 0 aliphatic carbocycles. The molecule has 1 aromatic rings. The summed E-state index contributed by atoms with van der Waals surface area (Å²) < 4.78 is 10.4. The molecule has 0 saturated carbocycles. The number of aliphatic hydroxyl groups is 1. The minimum atomic E-state index is -0.467. The summed E-state index contributed by atoms with van der Waals surface area (Å²) in [6.07, 6.45) is 0.377. The highest BCUT2D eigenvalue weighted by Crippen LogP contribution is 2.26. The van der Waals surface area contributed by atoms with Crippen molar-refractivity contribution in [2.24, 2.45) is 5.92 Å². The zero-order chi connectivity index (χ0) is 12.7. The molecule has 2 unspecified atom stereocenters. The third-order valence-corrected chi connectivity index (χ3v) is 2.83. The average Bonchev–Trinajstić information content (AvgIpc) is 2.35. The summed E-state index contributed by atoms with van der Waals surface area (Å²) >= 11 is 0. The van der Waals surface area contributed by atoms with Gasteiger partial charge in [-0.2, -0.15) is 0 Å². The Morgan fingerprint density at radius 2 is 2.12 bits per heavy atom. The van der Waals surface area contributed by atoms with Gasteiger partial charge in [0.2, 0.25) is 0 Å². The van der Waals surface area contributed by atoms with Crippen LogP contribution in [0.25, 0.3) is 0 Å². The minimum absolute atomic E-state index is 0.173. The molecular formula is C14H22O3. The lowest BCUT2D eigenvalue weighted by atomic mass is 9.95. The Morgan fingerprint density at radius 1 is 1.35 bits per heavy atom. The van der Waals surface area contributed by atoms with E-state index in [-0.39, 0.29) is 5.92 Å². The lowest BCUT2D eigenvalue weighted by Gasteiger charge is -2.19. The molecule has 0 aliphatic rings. The molecular weight excluding hydrogens is 216 g/mol. The van der Waals surface area contributed by atoms with Crippen molar-refractivity contribution in [1.82, 2.24) is 0 Å². The second-order valence-electron chi connectivity index (χ2n) is 4.21. The van der Waals surface area contributed by atoms with E-state index in [2.05, 4.69) is 0 Å². The van der Waals surface area contributed by atoms with E-state index in [9.17, 15) is 5.11 Å². The van der Waals surface area contributed by atoms with Gasteiger partial charge >= 0.3 is 0 Å². The van der Waals surface area contributed by atoms with Crippen LogP contribution in [-0.2, 0) is 4.74 Å². The molecule has 1 aromatic carbocycles. The first-order valence-electron chi connectivity index (χ1n) is 6.08. The van der Waals surface area contributed by atoms with E-state index in [4.69, 9.17) is 9.47 Å². The maximum absolute atomic E-state index is 10.2. The van der Waals surface area contributed by atoms with Crippen molar-refractivity contribution in [3.8, 4) is 5.75 Å². The van der Waals surface area contributed by atoms with E-state index < -0.39 is 6.10 Å². The first-order valence-corrected chi connectivity index (χ1v) is 6.08. The standard InChI is InChI=1S/C14H22O3/c1-4-17-13-7-5-6-12(10-13)14(15)11(2)8-9-16-3/h5-7,10-11,14-15H,4,8-9H2,1-3H3. The first-order chi connectivity index (χ1) is 8.19. The number of hydrogen-bond donors (Lipinski definition) is 1. The Hall–Kier alpha value is -1.06. The number of methoxy groups -OCH3 is 1. The second-order valence-corrected chi connectivity index (χ2v) is 4.21. The molecule has 0 radical (unpaired) electrons. The van der Waals surface area contributed by atoms with Gasteiger partial charge in [-0.1, -0.05) is 19.1 Å². The maximum Gasteiger partial charge on any atom is 0.119 e. The normalized spacial score (nSPS) is 14.4. The fraction of sp³-hybridized carbons (Fsp3) is 0.571. The molecule has 1 rings (SSSR count). The molecule has 3 heteroatoms. The highest BCUT2D eigenvalue weighted by Gasteiger charge is 2.16. The Balaban J connectivity index is 2.66. The summed E-state index contributed by atoms with van der Waals surface area (Å²) in [5.74, 6) is 0.981. The number of hydrogen-bond acceptors (Lipinski definition) is 3. The van der Waals surface area contributed by atoms with E-state index in [1.165, 1.54) is 0 Å². The third-order valence-electron chi connectivity index (χ3n) is 2.83. The van der Waals surface area contributed by atoms with Crippen LogP contribution in [0.3, 0.4) is 0 Å². The van der Waals surface area contributed by atoms with Crippen molar-refractivity contribution in [1.29, 1.82) is 0 Å². The van der Waals surface area contributed by atoms with Gasteiger partial charge in [0, 0.05) is 13.7 Å². The highest BCUT2D eigenvalue weighted by atomic mass is 16.5. The van der Waals surface area contributed by atoms with Crippen molar-refractivity contribution in [3.63, 3.8) is 0 Å². The molecule has 96 valence electrons. The summed E-state index contributed by atoms with van der Waals surface area (Å²) in [7, 11) is 1.68. The summed E-state index contributed by atoms with van der Waals surface area (Å²) in [5, 5.41) is 10.2. The fourth-order valence-corrected chi connectivity index (χ4v) is 1.75. The predicted molar refractivity (Wildman–Crippen MR) is 68.2 cm³/mol. The Labute approximate surface area is 103 Å². The van der Waals surface area contributed by atoms with E-state index in [0.29, 0.717) is 13.2 Å². The van der Waals surface area contributed by atoms with Crippen LogP contribution < -0.4 is 4.74 Å². The van der Waals surface area contributed by atoms with Gasteiger partial charge in [0.25, 0.3) is 0 Å². The fourth-order valence-electron chi connectivity index (χ4n) is 1.75. The second kappa shape index (κ2) is 7.30. The van der Waals surface area contributed by atoms with Crippen LogP contribution in [0.1, 0.15) is 31.9 Å². The van der Waals surface area contributed by atoms with Crippen molar-refractivity contribution in [2.75, 3.05) is 20.3 Å². The van der Waals surface area contributed by atoms with E-state index in [1.807, 2.05) is 38.1 Å². The van der Waals surface area contributed by atoms with Crippen molar-refractivity contribution < 1.29 is 14.6 Å². The molecule has 0 aromatic heterocycles.